The maximum Gasteiger partial charge on any atom is 0.162 e. The third-order valence-electron chi connectivity index (χ3n) is 4.87. The highest BCUT2D eigenvalue weighted by Gasteiger charge is 2.09. The maximum absolute atomic E-state index is 6.24. The highest BCUT2D eigenvalue weighted by atomic mass is 35.5. The normalized spacial score (nSPS) is 10.5. The molecule has 0 saturated carbocycles. The second-order valence-corrected chi connectivity index (χ2v) is 7.76. The van der Waals surface area contributed by atoms with Gasteiger partial charge in [-0.2, -0.15) is 0 Å². The largest absolute Gasteiger partial charge is 0.493 e. The van der Waals surface area contributed by atoms with Crippen molar-refractivity contribution >= 4 is 47.0 Å². The Morgan fingerprint density at radius 2 is 1.39 bits per heavy atom. The third kappa shape index (κ3) is 8.47. The first-order chi connectivity index (χ1) is 14.5. The van der Waals surface area contributed by atoms with E-state index in [9.17, 15) is 0 Å². The average Bonchev–Trinajstić information content (AvgIpc) is 2.73. The van der Waals surface area contributed by atoms with Crippen molar-refractivity contribution in [1.29, 1.82) is 0 Å². The predicted octanol–water partition coefficient (Wildman–Crippen LogP) is 4.41. The minimum Gasteiger partial charge on any atom is -0.493 e. The smallest absolute Gasteiger partial charge is 0.162 e. The number of ether oxygens (including phenoxy) is 2. The Bertz CT molecular complexity index is 799. The molecule has 0 fully saturated rings. The van der Waals surface area contributed by atoms with E-state index < -0.39 is 0 Å². The van der Waals surface area contributed by atoms with E-state index in [0.29, 0.717) is 21.5 Å². The van der Waals surface area contributed by atoms with Gasteiger partial charge in [-0.1, -0.05) is 23.2 Å². The van der Waals surface area contributed by atoms with Gasteiger partial charge in [-0.15, -0.1) is 12.4 Å². The first-order valence-corrected chi connectivity index (χ1v) is 10.8. The van der Waals surface area contributed by atoms with E-state index in [2.05, 4.69) is 16.0 Å². The molecule has 0 aliphatic rings. The lowest BCUT2D eigenvalue weighted by atomic mass is 10.1. The van der Waals surface area contributed by atoms with Crippen LogP contribution in [-0.2, 0) is 12.8 Å². The van der Waals surface area contributed by atoms with Gasteiger partial charge < -0.3 is 31.2 Å². The second-order valence-electron chi connectivity index (χ2n) is 6.94. The first kappa shape index (κ1) is 27.5. The summed E-state index contributed by atoms with van der Waals surface area (Å²) >= 11 is 12.5. The van der Waals surface area contributed by atoms with Crippen molar-refractivity contribution in [2.24, 2.45) is 0 Å². The fraction of sp³-hybridized carbons (Fsp3) is 0.455. The van der Waals surface area contributed by atoms with Crippen LogP contribution in [0.3, 0.4) is 0 Å². The molecule has 0 saturated heterocycles. The van der Waals surface area contributed by atoms with Gasteiger partial charge in [0.15, 0.2) is 11.5 Å². The lowest BCUT2D eigenvalue weighted by Crippen LogP contribution is -2.25. The molecule has 0 spiro atoms. The topological polar surface area (TPSA) is 80.6 Å². The van der Waals surface area contributed by atoms with E-state index in [1.165, 1.54) is 0 Å². The van der Waals surface area contributed by atoms with Gasteiger partial charge in [0.1, 0.15) is 0 Å². The zero-order chi connectivity index (χ0) is 21.9. The van der Waals surface area contributed by atoms with Gasteiger partial charge in [0.25, 0.3) is 0 Å². The SMILES string of the molecule is CNc1c(Cl)cc(CCNCCCNCCc2cc(OC)c(OC)cc2N)cc1Cl.Cl. The summed E-state index contributed by atoms with van der Waals surface area (Å²) in [7, 11) is 5.05. The van der Waals surface area contributed by atoms with Gasteiger partial charge in [0, 0.05) is 18.8 Å². The summed E-state index contributed by atoms with van der Waals surface area (Å²) in [4.78, 5) is 0. The number of methoxy groups -OCH3 is 2. The fourth-order valence-electron chi connectivity index (χ4n) is 3.21. The number of hydrogen-bond donors (Lipinski definition) is 4. The fourth-order valence-corrected chi connectivity index (χ4v) is 3.93. The molecule has 0 aromatic heterocycles. The number of nitrogens with one attached hydrogen (secondary N) is 3. The summed E-state index contributed by atoms with van der Waals surface area (Å²) < 4.78 is 10.6. The van der Waals surface area contributed by atoms with Crippen LogP contribution in [0.4, 0.5) is 11.4 Å². The van der Waals surface area contributed by atoms with E-state index in [-0.39, 0.29) is 12.4 Å². The molecule has 2 aromatic rings. The number of nitrogen functional groups attached to an aromatic ring is 1. The average molecular weight is 492 g/mol. The Morgan fingerprint density at radius 1 is 0.839 bits per heavy atom. The van der Waals surface area contributed by atoms with Crippen molar-refractivity contribution in [3.05, 3.63) is 45.4 Å². The van der Waals surface area contributed by atoms with Crippen LogP contribution in [-0.4, -0.2) is 47.4 Å². The van der Waals surface area contributed by atoms with Crippen LogP contribution in [0.1, 0.15) is 17.5 Å². The Balaban J connectivity index is 0.00000480. The van der Waals surface area contributed by atoms with Crippen molar-refractivity contribution in [3.63, 3.8) is 0 Å². The molecule has 2 aromatic carbocycles. The van der Waals surface area contributed by atoms with Gasteiger partial charge in [-0.25, -0.2) is 0 Å². The number of nitrogens with two attached hydrogens (primary N) is 1. The number of benzene rings is 2. The highest BCUT2D eigenvalue weighted by Crippen LogP contribution is 2.32. The number of anilines is 2. The Kier molecular flexibility index (Phi) is 12.8. The molecule has 6 nitrogen and oxygen atoms in total. The maximum atomic E-state index is 6.24. The molecule has 0 atom stereocenters. The van der Waals surface area contributed by atoms with E-state index in [0.717, 1.165) is 67.9 Å². The summed E-state index contributed by atoms with van der Waals surface area (Å²) in [6, 6.07) is 7.68. The molecular formula is C22H33Cl3N4O2. The van der Waals surface area contributed by atoms with Crippen LogP contribution in [0.25, 0.3) is 0 Å². The quantitative estimate of drug-likeness (QED) is 0.245. The molecule has 0 radical (unpaired) electrons. The molecule has 0 bridgehead atoms. The standard InChI is InChI=1S/C22H32Cl2N4O2.ClH/c1-26-22-17(23)11-15(12-18(22)24)5-9-27-7-4-8-28-10-6-16-13-20(29-2)21(30-3)14-19(16)25;/h11-14,26-28H,4-10,25H2,1-3H3;1H. The van der Waals surface area contributed by atoms with E-state index in [4.69, 9.17) is 38.4 Å². The molecule has 9 heteroatoms. The molecule has 0 aliphatic carbocycles. The van der Waals surface area contributed by atoms with Gasteiger partial charge in [0.05, 0.1) is 30.0 Å². The molecule has 2 rings (SSSR count). The van der Waals surface area contributed by atoms with E-state index in [1.807, 2.05) is 31.3 Å². The minimum atomic E-state index is 0. The van der Waals surface area contributed by atoms with E-state index >= 15 is 0 Å². The first-order valence-electron chi connectivity index (χ1n) is 10.1. The van der Waals surface area contributed by atoms with Crippen molar-refractivity contribution in [1.82, 2.24) is 10.6 Å². The lowest BCUT2D eigenvalue weighted by Gasteiger charge is -2.13. The number of hydrogen-bond acceptors (Lipinski definition) is 6. The van der Waals surface area contributed by atoms with Gasteiger partial charge >= 0.3 is 0 Å². The summed E-state index contributed by atoms with van der Waals surface area (Å²) in [6.45, 7) is 3.62. The molecule has 0 heterocycles. The Hall–Kier alpha value is -1.57. The zero-order valence-corrected chi connectivity index (χ0v) is 20.6. The van der Waals surface area contributed by atoms with Crippen LogP contribution in [0.2, 0.25) is 10.0 Å². The molecule has 174 valence electrons. The van der Waals surface area contributed by atoms with Crippen molar-refractivity contribution in [2.45, 2.75) is 19.3 Å². The monoisotopic (exact) mass is 490 g/mol. The van der Waals surface area contributed by atoms with Crippen LogP contribution in [0.15, 0.2) is 24.3 Å². The Labute approximate surface area is 201 Å². The molecule has 5 N–H and O–H groups in total. The summed E-state index contributed by atoms with van der Waals surface area (Å²) in [5, 5.41) is 11.2. The van der Waals surface area contributed by atoms with Gasteiger partial charge in [-0.3, -0.25) is 0 Å². The highest BCUT2D eigenvalue weighted by molar-refractivity contribution is 6.39. The summed E-state index contributed by atoms with van der Waals surface area (Å²) in [6.07, 6.45) is 2.76. The number of halogens is 3. The summed E-state index contributed by atoms with van der Waals surface area (Å²) in [5.41, 5.74) is 9.78. The minimum absolute atomic E-state index is 0. The van der Waals surface area contributed by atoms with Crippen LogP contribution in [0.5, 0.6) is 11.5 Å². The molecule has 0 aliphatic heterocycles. The molecule has 0 amide bonds. The van der Waals surface area contributed by atoms with Gasteiger partial charge in [-0.05, 0) is 74.8 Å². The Morgan fingerprint density at radius 3 is 1.94 bits per heavy atom. The van der Waals surface area contributed by atoms with Crippen molar-refractivity contribution < 1.29 is 9.47 Å². The third-order valence-corrected chi connectivity index (χ3v) is 5.46. The van der Waals surface area contributed by atoms with Crippen molar-refractivity contribution in [3.8, 4) is 11.5 Å². The van der Waals surface area contributed by atoms with E-state index in [1.54, 1.807) is 14.2 Å². The van der Waals surface area contributed by atoms with Crippen LogP contribution in [0, 0.1) is 0 Å². The van der Waals surface area contributed by atoms with Crippen LogP contribution < -0.4 is 31.2 Å². The number of rotatable bonds is 13. The molecule has 0 unspecified atom stereocenters. The van der Waals surface area contributed by atoms with Gasteiger partial charge in [0.2, 0.25) is 0 Å². The molecule has 31 heavy (non-hydrogen) atoms. The predicted molar refractivity (Wildman–Crippen MR) is 135 cm³/mol. The lowest BCUT2D eigenvalue weighted by molar-refractivity contribution is 0.354. The zero-order valence-electron chi connectivity index (χ0n) is 18.3. The second kappa shape index (κ2) is 14.5. The summed E-state index contributed by atoms with van der Waals surface area (Å²) in [5.74, 6) is 1.36. The van der Waals surface area contributed by atoms with Crippen molar-refractivity contribution in [2.75, 3.05) is 58.5 Å². The molecular weight excluding hydrogens is 459 g/mol. The van der Waals surface area contributed by atoms with Crippen LogP contribution >= 0.6 is 35.6 Å².